The van der Waals surface area contributed by atoms with Gasteiger partial charge in [0.1, 0.15) is 17.9 Å². The van der Waals surface area contributed by atoms with Crippen molar-refractivity contribution in [2.45, 2.75) is 19.6 Å². The minimum atomic E-state index is -0.781. The zero-order valence-corrected chi connectivity index (χ0v) is 18.5. The van der Waals surface area contributed by atoms with Gasteiger partial charge in [0.15, 0.2) is 16.6 Å². The Morgan fingerprint density at radius 1 is 1.19 bits per heavy atom. The van der Waals surface area contributed by atoms with E-state index in [9.17, 15) is 4.79 Å². The van der Waals surface area contributed by atoms with Gasteiger partial charge in [0, 0.05) is 12.4 Å². The van der Waals surface area contributed by atoms with Crippen molar-refractivity contribution in [3.05, 3.63) is 72.1 Å². The second-order valence-corrected chi connectivity index (χ2v) is 8.39. The predicted molar refractivity (Wildman–Crippen MR) is 123 cm³/mol. The highest BCUT2D eigenvalue weighted by atomic mass is 32.1. The number of methoxy groups -OCH3 is 1. The van der Waals surface area contributed by atoms with Crippen molar-refractivity contribution in [1.82, 2.24) is 9.97 Å². The van der Waals surface area contributed by atoms with Crippen molar-refractivity contribution in [3.8, 4) is 17.2 Å². The summed E-state index contributed by atoms with van der Waals surface area (Å²) in [5.74, 6) is 1.64. The molecule has 0 saturated heterocycles. The van der Waals surface area contributed by atoms with Crippen LogP contribution in [-0.2, 0) is 11.3 Å². The number of amides is 1. The normalized spacial score (nSPS) is 14.9. The number of ether oxygens (including phenoxy) is 3. The van der Waals surface area contributed by atoms with Crippen LogP contribution in [0.1, 0.15) is 11.1 Å². The third-order valence-corrected chi connectivity index (χ3v) is 6.47. The molecule has 0 bridgehead atoms. The average molecular weight is 448 g/mol. The van der Waals surface area contributed by atoms with Gasteiger partial charge in [-0.3, -0.25) is 14.7 Å². The second-order valence-electron chi connectivity index (χ2n) is 7.41. The van der Waals surface area contributed by atoms with Crippen molar-refractivity contribution < 1.29 is 19.0 Å². The number of aryl methyl sites for hydroxylation is 1. The number of pyridine rings is 1. The topological polar surface area (TPSA) is 73.8 Å². The van der Waals surface area contributed by atoms with Crippen molar-refractivity contribution in [3.63, 3.8) is 0 Å². The predicted octanol–water partition coefficient (Wildman–Crippen LogP) is 4.38. The lowest BCUT2D eigenvalue weighted by Gasteiger charge is -2.29. The van der Waals surface area contributed by atoms with Gasteiger partial charge >= 0.3 is 0 Å². The van der Waals surface area contributed by atoms with Crippen molar-refractivity contribution in [1.29, 1.82) is 0 Å². The zero-order chi connectivity index (χ0) is 22.1. The third-order valence-electron chi connectivity index (χ3n) is 5.26. The molecular weight excluding hydrogens is 426 g/mol. The summed E-state index contributed by atoms with van der Waals surface area (Å²) in [6.07, 6.45) is 2.67. The Labute approximate surface area is 189 Å². The van der Waals surface area contributed by atoms with E-state index in [0.29, 0.717) is 28.9 Å². The lowest BCUT2D eigenvalue weighted by molar-refractivity contribution is -0.127. The molecule has 4 aromatic rings. The van der Waals surface area contributed by atoms with Gasteiger partial charge in [0.05, 0.1) is 18.4 Å². The number of aromatic nitrogens is 2. The summed E-state index contributed by atoms with van der Waals surface area (Å²) in [6.45, 7) is 2.47. The van der Waals surface area contributed by atoms with E-state index in [1.165, 1.54) is 11.3 Å². The summed E-state index contributed by atoms with van der Waals surface area (Å²) in [7, 11) is 1.62. The minimum absolute atomic E-state index is 0.132. The minimum Gasteiger partial charge on any atom is -0.494 e. The molecule has 0 saturated carbocycles. The van der Waals surface area contributed by atoms with Crippen LogP contribution in [0.5, 0.6) is 17.2 Å². The maximum absolute atomic E-state index is 13.7. The molecule has 32 heavy (non-hydrogen) atoms. The molecule has 1 aliphatic heterocycles. The Bertz CT molecular complexity index is 1270. The van der Waals surface area contributed by atoms with E-state index < -0.39 is 6.10 Å². The summed E-state index contributed by atoms with van der Waals surface area (Å²) >= 11 is 1.46. The van der Waals surface area contributed by atoms with Gasteiger partial charge in [-0.2, -0.15) is 0 Å². The first-order valence-corrected chi connectivity index (χ1v) is 11.0. The molecule has 0 aliphatic carbocycles. The van der Waals surface area contributed by atoms with Crippen LogP contribution in [0.25, 0.3) is 10.2 Å². The molecule has 1 amide bonds. The molecule has 1 unspecified atom stereocenters. The highest BCUT2D eigenvalue weighted by Gasteiger charge is 2.33. The number of rotatable bonds is 5. The van der Waals surface area contributed by atoms with E-state index in [-0.39, 0.29) is 12.5 Å². The third kappa shape index (κ3) is 3.73. The average Bonchev–Trinajstić information content (AvgIpc) is 3.29. The fourth-order valence-electron chi connectivity index (χ4n) is 3.61. The molecule has 1 aliphatic rings. The highest BCUT2D eigenvalue weighted by Crippen LogP contribution is 2.38. The number of carbonyl (C=O) groups excluding carboxylic acids is 1. The quantitative estimate of drug-likeness (QED) is 0.452. The summed E-state index contributed by atoms with van der Waals surface area (Å²) in [4.78, 5) is 24.3. The number of para-hydroxylation sites is 2. The molecule has 8 heteroatoms. The molecule has 0 N–H and O–H groups in total. The van der Waals surface area contributed by atoms with Gasteiger partial charge in [-0.05, 0) is 42.3 Å². The van der Waals surface area contributed by atoms with Crippen LogP contribution in [0.4, 0.5) is 5.13 Å². The first-order chi connectivity index (χ1) is 15.6. The number of anilines is 1. The van der Waals surface area contributed by atoms with E-state index in [0.717, 1.165) is 21.3 Å². The van der Waals surface area contributed by atoms with Gasteiger partial charge in [-0.15, -0.1) is 0 Å². The van der Waals surface area contributed by atoms with Gasteiger partial charge in [-0.1, -0.05) is 35.6 Å². The van der Waals surface area contributed by atoms with Crippen LogP contribution in [0.3, 0.4) is 0 Å². The van der Waals surface area contributed by atoms with Gasteiger partial charge in [-0.25, -0.2) is 4.98 Å². The Morgan fingerprint density at radius 3 is 2.81 bits per heavy atom. The first kappa shape index (κ1) is 20.3. The van der Waals surface area contributed by atoms with Crippen LogP contribution >= 0.6 is 11.3 Å². The lowest BCUT2D eigenvalue weighted by atomic mass is 10.2. The number of fused-ring (bicyclic) bond motifs is 2. The summed E-state index contributed by atoms with van der Waals surface area (Å²) < 4.78 is 18.3. The van der Waals surface area contributed by atoms with Gasteiger partial charge < -0.3 is 14.2 Å². The maximum Gasteiger partial charge on any atom is 0.273 e. The fourth-order valence-corrected chi connectivity index (χ4v) is 4.66. The number of thiazole rings is 1. The summed E-state index contributed by atoms with van der Waals surface area (Å²) in [5, 5.41) is 0.573. The summed E-state index contributed by atoms with van der Waals surface area (Å²) in [5.41, 5.74) is 2.70. The van der Waals surface area contributed by atoms with Crippen molar-refractivity contribution in [2.24, 2.45) is 0 Å². The first-order valence-electron chi connectivity index (χ1n) is 10.2. The second kappa shape index (κ2) is 8.47. The molecule has 1 atom stereocenters. The molecule has 2 aromatic heterocycles. The standard InChI is InChI=1S/C24H21N3O4S/c1-15-9-10-19(29-2)21-22(15)32-24(26-21)27(13-16-6-5-11-25-12-16)23(28)20-14-30-17-7-3-4-8-18(17)31-20/h3-12,20H,13-14H2,1-2H3. The Morgan fingerprint density at radius 2 is 2.03 bits per heavy atom. The maximum atomic E-state index is 13.7. The zero-order valence-electron chi connectivity index (χ0n) is 17.6. The summed E-state index contributed by atoms with van der Waals surface area (Å²) in [6, 6.07) is 15.0. The monoisotopic (exact) mass is 447 g/mol. The molecule has 0 fully saturated rings. The van der Waals surface area contributed by atoms with Crippen LogP contribution in [0.15, 0.2) is 60.9 Å². The van der Waals surface area contributed by atoms with Crippen molar-refractivity contribution >= 4 is 32.6 Å². The molecular formula is C24H21N3O4S. The van der Waals surface area contributed by atoms with Gasteiger partial charge in [0.2, 0.25) is 6.10 Å². The fraction of sp³-hybridized carbons (Fsp3) is 0.208. The number of benzene rings is 2. The number of hydrogen-bond acceptors (Lipinski definition) is 7. The van der Waals surface area contributed by atoms with Crippen LogP contribution in [0.2, 0.25) is 0 Å². The highest BCUT2D eigenvalue weighted by molar-refractivity contribution is 7.22. The molecule has 0 spiro atoms. The Hall–Kier alpha value is -3.65. The number of carbonyl (C=O) groups is 1. The van der Waals surface area contributed by atoms with Gasteiger partial charge in [0.25, 0.3) is 5.91 Å². The van der Waals surface area contributed by atoms with E-state index in [2.05, 4.69) is 4.98 Å². The Kier molecular flexibility index (Phi) is 5.36. The molecule has 2 aromatic carbocycles. The smallest absolute Gasteiger partial charge is 0.273 e. The largest absolute Gasteiger partial charge is 0.494 e. The molecule has 162 valence electrons. The van der Waals surface area contributed by atoms with Crippen LogP contribution in [0, 0.1) is 6.92 Å². The van der Waals surface area contributed by atoms with E-state index in [4.69, 9.17) is 19.2 Å². The van der Waals surface area contributed by atoms with Crippen LogP contribution in [-0.4, -0.2) is 35.7 Å². The molecule has 5 rings (SSSR count). The van der Waals surface area contributed by atoms with E-state index in [1.54, 1.807) is 30.5 Å². The lowest BCUT2D eigenvalue weighted by Crippen LogP contribution is -2.46. The van der Waals surface area contributed by atoms with E-state index >= 15 is 0 Å². The Balaban J connectivity index is 1.53. The van der Waals surface area contributed by atoms with Crippen molar-refractivity contribution in [2.75, 3.05) is 18.6 Å². The van der Waals surface area contributed by atoms with E-state index in [1.807, 2.05) is 49.4 Å². The molecule has 3 heterocycles. The number of hydrogen-bond donors (Lipinski definition) is 0. The molecule has 0 radical (unpaired) electrons. The number of nitrogens with zero attached hydrogens (tertiary/aromatic N) is 3. The SMILES string of the molecule is COc1ccc(C)c2sc(N(Cc3cccnc3)C(=O)C3COc4ccccc4O3)nc12. The molecule has 7 nitrogen and oxygen atoms in total. The van der Waals surface area contributed by atoms with Crippen LogP contribution < -0.4 is 19.1 Å².